The van der Waals surface area contributed by atoms with Crippen LogP contribution in [0.25, 0.3) is 22.6 Å². The van der Waals surface area contributed by atoms with Gasteiger partial charge in [-0.25, -0.2) is 4.98 Å². The average Bonchev–Trinajstić information content (AvgIpc) is 2.86. The summed E-state index contributed by atoms with van der Waals surface area (Å²) in [6.45, 7) is 3.20. The van der Waals surface area contributed by atoms with E-state index in [1.807, 2.05) is 24.3 Å². The molecule has 0 aliphatic carbocycles. The molecule has 4 aromatic rings. The highest BCUT2D eigenvalue weighted by molar-refractivity contribution is 5.95. The smallest absolute Gasteiger partial charge is 0.118 e. The highest BCUT2D eigenvalue weighted by atomic mass is 15.2. The molecule has 5 rings (SSSR count). The summed E-state index contributed by atoms with van der Waals surface area (Å²) < 4.78 is 0. The van der Waals surface area contributed by atoms with Crippen molar-refractivity contribution in [3.63, 3.8) is 0 Å². The van der Waals surface area contributed by atoms with Crippen molar-refractivity contribution in [3.8, 4) is 11.8 Å². The van der Waals surface area contributed by atoms with Crippen molar-refractivity contribution < 1.29 is 0 Å². The lowest BCUT2D eigenvalue weighted by Crippen LogP contribution is -2.38. The lowest BCUT2D eigenvalue weighted by molar-refractivity contribution is 0.715. The second-order valence-electron chi connectivity index (χ2n) is 8.13. The topological polar surface area (TPSA) is 16.1 Å². The fraction of sp³-hybridized carbons (Fsp3) is 0.167. The van der Waals surface area contributed by atoms with Gasteiger partial charge in [0.1, 0.15) is 6.04 Å². The van der Waals surface area contributed by atoms with Crippen LogP contribution in [0, 0.1) is 11.8 Å². The maximum absolute atomic E-state index is 5.03. The van der Waals surface area contributed by atoms with Gasteiger partial charge in [0.05, 0.1) is 11.2 Å². The van der Waals surface area contributed by atoms with E-state index < -0.39 is 0 Å². The molecule has 0 bridgehead atoms. The van der Waals surface area contributed by atoms with E-state index in [4.69, 9.17) is 4.98 Å². The van der Waals surface area contributed by atoms with Crippen molar-refractivity contribution >= 4 is 28.2 Å². The van der Waals surface area contributed by atoms with Crippen LogP contribution in [0.5, 0.6) is 0 Å². The molecular weight excluding hydrogens is 388 g/mol. The maximum Gasteiger partial charge on any atom is 0.118 e. The molecule has 1 aliphatic heterocycles. The summed E-state index contributed by atoms with van der Waals surface area (Å²) in [6, 6.07) is 31.4. The van der Waals surface area contributed by atoms with E-state index >= 15 is 0 Å². The molecule has 2 heterocycles. The Balaban J connectivity index is 1.66. The van der Waals surface area contributed by atoms with Crippen LogP contribution >= 0.6 is 0 Å². The molecule has 2 heteroatoms. The van der Waals surface area contributed by atoms with E-state index in [-0.39, 0.29) is 6.04 Å². The van der Waals surface area contributed by atoms with Gasteiger partial charge in [-0.15, -0.1) is 0 Å². The molecule has 1 atom stereocenters. The zero-order valence-corrected chi connectivity index (χ0v) is 18.3. The molecular formula is C30H26N2. The third kappa shape index (κ3) is 4.03. The zero-order chi connectivity index (χ0) is 21.8. The standard InChI is InChI=1S/C30H26N2/c1-2-3-21-32-29-16-10-8-14-25(29)22-26(30(32)20-17-23-11-5-4-6-12-23)28-19-18-24-13-7-9-15-27(24)31-28/h4-16,18-19,22,30H,2-3,21H2,1H3/t30-/m1/s1. The number of aromatic nitrogens is 1. The van der Waals surface area contributed by atoms with Gasteiger partial charge in [0.15, 0.2) is 0 Å². The number of benzene rings is 3. The Morgan fingerprint density at radius 2 is 1.62 bits per heavy atom. The predicted octanol–water partition coefficient (Wildman–Crippen LogP) is 6.82. The average molecular weight is 415 g/mol. The number of fused-ring (bicyclic) bond motifs is 2. The first kappa shape index (κ1) is 20.1. The zero-order valence-electron chi connectivity index (χ0n) is 18.3. The number of hydrogen-bond donors (Lipinski definition) is 0. The molecule has 0 N–H and O–H groups in total. The normalized spacial score (nSPS) is 15.0. The Morgan fingerprint density at radius 3 is 2.50 bits per heavy atom. The van der Waals surface area contributed by atoms with Crippen LogP contribution in [0.15, 0.2) is 91.0 Å². The third-order valence-corrected chi connectivity index (χ3v) is 5.94. The van der Waals surface area contributed by atoms with Crippen LogP contribution in [-0.2, 0) is 0 Å². The summed E-state index contributed by atoms with van der Waals surface area (Å²) in [7, 11) is 0. The van der Waals surface area contributed by atoms with Gasteiger partial charge in [-0.3, -0.25) is 0 Å². The number of para-hydroxylation sites is 2. The maximum atomic E-state index is 5.03. The van der Waals surface area contributed by atoms with E-state index in [9.17, 15) is 0 Å². The van der Waals surface area contributed by atoms with Crippen molar-refractivity contribution in [1.29, 1.82) is 0 Å². The quantitative estimate of drug-likeness (QED) is 0.341. The minimum atomic E-state index is -0.0506. The van der Waals surface area contributed by atoms with E-state index in [0.717, 1.165) is 47.1 Å². The molecule has 3 aromatic carbocycles. The minimum absolute atomic E-state index is 0.0506. The lowest BCUT2D eigenvalue weighted by Gasteiger charge is -2.36. The monoisotopic (exact) mass is 414 g/mol. The third-order valence-electron chi connectivity index (χ3n) is 5.94. The van der Waals surface area contributed by atoms with Crippen molar-refractivity contribution in [2.45, 2.75) is 25.8 Å². The minimum Gasteiger partial charge on any atom is -0.353 e. The van der Waals surface area contributed by atoms with Gasteiger partial charge in [0, 0.05) is 28.8 Å². The van der Waals surface area contributed by atoms with Crippen LogP contribution in [0.1, 0.15) is 36.6 Å². The second kappa shape index (κ2) is 9.12. The van der Waals surface area contributed by atoms with E-state index in [1.165, 1.54) is 11.3 Å². The van der Waals surface area contributed by atoms with Gasteiger partial charge in [-0.05, 0) is 48.4 Å². The molecule has 1 aromatic heterocycles. The van der Waals surface area contributed by atoms with Crippen molar-refractivity contribution in [2.75, 3.05) is 11.4 Å². The van der Waals surface area contributed by atoms with Gasteiger partial charge in [-0.1, -0.05) is 85.8 Å². The second-order valence-corrected chi connectivity index (χ2v) is 8.13. The summed E-state index contributed by atoms with van der Waals surface area (Å²) in [5, 5.41) is 1.16. The molecule has 0 fully saturated rings. The SMILES string of the molecule is CCCCN1c2ccccc2C=C(c2ccc3ccccc3n2)[C@H]1C#Cc1ccccc1. The Labute approximate surface area is 190 Å². The van der Waals surface area contributed by atoms with Gasteiger partial charge in [0.25, 0.3) is 0 Å². The Bertz CT molecular complexity index is 1330. The van der Waals surface area contributed by atoms with Gasteiger partial charge < -0.3 is 4.90 Å². The highest BCUT2D eigenvalue weighted by Gasteiger charge is 2.28. The molecule has 0 saturated heterocycles. The van der Waals surface area contributed by atoms with E-state index in [2.05, 4.69) is 96.5 Å². The first-order chi connectivity index (χ1) is 15.8. The number of unbranched alkanes of at least 4 members (excludes halogenated alkanes) is 1. The molecule has 0 unspecified atom stereocenters. The van der Waals surface area contributed by atoms with Crippen LogP contribution < -0.4 is 4.90 Å². The molecule has 2 nitrogen and oxygen atoms in total. The number of hydrogen-bond acceptors (Lipinski definition) is 2. The molecule has 0 saturated carbocycles. The summed E-state index contributed by atoms with van der Waals surface area (Å²) in [5.41, 5.74) is 6.68. The largest absolute Gasteiger partial charge is 0.353 e. The van der Waals surface area contributed by atoms with Crippen LogP contribution in [0.4, 0.5) is 5.69 Å². The molecule has 0 spiro atoms. The molecule has 32 heavy (non-hydrogen) atoms. The summed E-state index contributed by atoms with van der Waals surface area (Å²) in [6.07, 6.45) is 4.54. The fourth-order valence-corrected chi connectivity index (χ4v) is 4.27. The predicted molar refractivity (Wildman–Crippen MR) is 135 cm³/mol. The van der Waals surface area contributed by atoms with Crippen molar-refractivity contribution in [2.24, 2.45) is 0 Å². The number of pyridine rings is 1. The Kier molecular flexibility index (Phi) is 5.73. The molecule has 1 aliphatic rings. The van der Waals surface area contributed by atoms with Gasteiger partial charge >= 0.3 is 0 Å². The first-order valence-electron chi connectivity index (χ1n) is 11.3. The van der Waals surface area contributed by atoms with Gasteiger partial charge in [-0.2, -0.15) is 0 Å². The van der Waals surface area contributed by atoms with Gasteiger partial charge in [0.2, 0.25) is 0 Å². The molecule has 0 radical (unpaired) electrons. The highest BCUT2D eigenvalue weighted by Crippen LogP contribution is 2.37. The number of anilines is 1. The van der Waals surface area contributed by atoms with Crippen molar-refractivity contribution in [3.05, 3.63) is 108 Å². The van der Waals surface area contributed by atoms with Crippen LogP contribution in [-0.4, -0.2) is 17.6 Å². The van der Waals surface area contributed by atoms with E-state index in [1.54, 1.807) is 0 Å². The molecule has 156 valence electrons. The van der Waals surface area contributed by atoms with E-state index in [0.29, 0.717) is 0 Å². The number of rotatable bonds is 4. The summed E-state index contributed by atoms with van der Waals surface area (Å²) in [5.74, 6) is 7.03. The summed E-state index contributed by atoms with van der Waals surface area (Å²) in [4.78, 5) is 7.49. The Morgan fingerprint density at radius 1 is 0.844 bits per heavy atom. The number of nitrogens with zero attached hydrogens (tertiary/aromatic N) is 2. The fourth-order valence-electron chi connectivity index (χ4n) is 4.27. The summed E-state index contributed by atoms with van der Waals surface area (Å²) >= 11 is 0. The van der Waals surface area contributed by atoms with Crippen LogP contribution in [0.2, 0.25) is 0 Å². The van der Waals surface area contributed by atoms with Crippen LogP contribution in [0.3, 0.4) is 0 Å². The lowest BCUT2D eigenvalue weighted by atomic mass is 9.92. The van der Waals surface area contributed by atoms with Crippen molar-refractivity contribution in [1.82, 2.24) is 4.98 Å². The molecule has 0 amide bonds. The Hall–Kier alpha value is -3.83. The first-order valence-corrected chi connectivity index (χ1v) is 11.3.